The smallest absolute Gasteiger partial charge is 0.211 e. The van der Waals surface area contributed by atoms with Gasteiger partial charge in [0.1, 0.15) is 0 Å². The highest BCUT2D eigenvalue weighted by Crippen LogP contribution is 2.23. The molecule has 1 heterocycles. The molecule has 21 heavy (non-hydrogen) atoms. The third kappa shape index (κ3) is 4.18. The van der Waals surface area contributed by atoms with E-state index < -0.39 is 19.9 Å². The fourth-order valence-corrected chi connectivity index (χ4v) is 5.21. The predicted molar refractivity (Wildman–Crippen MR) is 82.0 cm³/mol. The van der Waals surface area contributed by atoms with Gasteiger partial charge in [0.2, 0.25) is 10.0 Å². The standard InChI is InChI=1S/C13H20N2O4S2/c1-20(16,17)15-7-3-4-11(9-15)10-21(18,19)13-6-2-5-12(14)8-13/h2,5-6,8,11H,3-4,7,9-10,14H2,1H3. The largest absolute Gasteiger partial charge is 0.399 e. The Kier molecular flexibility index (Phi) is 4.60. The van der Waals surface area contributed by atoms with Crippen molar-refractivity contribution in [3.05, 3.63) is 24.3 Å². The second-order valence-corrected chi connectivity index (χ2v) is 9.50. The van der Waals surface area contributed by atoms with E-state index in [4.69, 9.17) is 5.73 Å². The Bertz CT molecular complexity index is 713. The van der Waals surface area contributed by atoms with Gasteiger partial charge in [-0.2, -0.15) is 0 Å². The molecule has 1 aliphatic rings. The van der Waals surface area contributed by atoms with Gasteiger partial charge in [-0.25, -0.2) is 21.1 Å². The first-order chi connectivity index (χ1) is 9.68. The number of hydrogen-bond donors (Lipinski definition) is 1. The third-order valence-electron chi connectivity index (χ3n) is 3.62. The minimum absolute atomic E-state index is 0.0531. The molecule has 1 aromatic carbocycles. The van der Waals surface area contributed by atoms with Crippen molar-refractivity contribution in [3.8, 4) is 0 Å². The van der Waals surface area contributed by atoms with Gasteiger partial charge in [-0.15, -0.1) is 0 Å². The molecule has 2 rings (SSSR count). The zero-order chi connectivity index (χ0) is 15.7. The quantitative estimate of drug-likeness (QED) is 0.819. The molecule has 1 aliphatic heterocycles. The van der Waals surface area contributed by atoms with E-state index in [-0.39, 0.29) is 23.1 Å². The highest BCUT2D eigenvalue weighted by molar-refractivity contribution is 7.91. The first-order valence-electron chi connectivity index (χ1n) is 6.72. The van der Waals surface area contributed by atoms with Crippen molar-refractivity contribution in [2.45, 2.75) is 17.7 Å². The maximum Gasteiger partial charge on any atom is 0.211 e. The van der Waals surface area contributed by atoms with Gasteiger partial charge >= 0.3 is 0 Å². The minimum Gasteiger partial charge on any atom is -0.399 e. The summed E-state index contributed by atoms with van der Waals surface area (Å²) in [7, 11) is -6.72. The van der Waals surface area contributed by atoms with E-state index in [1.54, 1.807) is 12.1 Å². The summed E-state index contributed by atoms with van der Waals surface area (Å²) in [4.78, 5) is 0.193. The molecule has 1 unspecified atom stereocenters. The number of nitrogen functional groups attached to an aromatic ring is 1. The maximum atomic E-state index is 12.4. The first-order valence-corrected chi connectivity index (χ1v) is 10.2. The van der Waals surface area contributed by atoms with Crippen LogP contribution in [0, 0.1) is 5.92 Å². The van der Waals surface area contributed by atoms with Gasteiger partial charge in [-0.1, -0.05) is 6.07 Å². The van der Waals surface area contributed by atoms with Gasteiger partial charge in [0.15, 0.2) is 9.84 Å². The Morgan fingerprint density at radius 2 is 2.00 bits per heavy atom. The summed E-state index contributed by atoms with van der Waals surface area (Å²) in [5.41, 5.74) is 6.02. The SMILES string of the molecule is CS(=O)(=O)N1CCCC(CS(=O)(=O)c2cccc(N)c2)C1. The topological polar surface area (TPSA) is 97.5 Å². The predicted octanol–water partition coefficient (Wildman–Crippen LogP) is 0.714. The lowest BCUT2D eigenvalue weighted by molar-refractivity contribution is 0.284. The number of rotatable bonds is 4. The molecule has 1 aromatic rings. The molecule has 0 radical (unpaired) electrons. The highest BCUT2D eigenvalue weighted by Gasteiger charge is 2.29. The van der Waals surface area contributed by atoms with Crippen molar-refractivity contribution >= 4 is 25.5 Å². The molecule has 0 aliphatic carbocycles. The van der Waals surface area contributed by atoms with Crippen LogP contribution in [0.1, 0.15) is 12.8 Å². The Morgan fingerprint density at radius 3 is 2.62 bits per heavy atom. The summed E-state index contributed by atoms with van der Waals surface area (Å²) in [5.74, 6) is -0.234. The minimum atomic E-state index is -3.45. The van der Waals surface area contributed by atoms with Crippen LogP contribution in [-0.4, -0.2) is 46.2 Å². The van der Waals surface area contributed by atoms with Gasteiger partial charge in [-0.3, -0.25) is 0 Å². The number of anilines is 1. The Labute approximate surface area is 125 Å². The van der Waals surface area contributed by atoms with Crippen LogP contribution in [0.25, 0.3) is 0 Å². The molecule has 1 saturated heterocycles. The van der Waals surface area contributed by atoms with E-state index in [0.717, 1.165) is 6.26 Å². The summed E-state index contributed by atoms with van der Waals surface area (Å²) in [6.45, 7) is 0.730. The van der Waals surface area contributed by atoms with E-state index >= 15 is 0 Å². The molecule has 6 nitrogen and oxygen atoms in total. The molecule has 0 spiro atoms. The third-order valence-corrected chi connectivity index (χ3v) is 6.78. The van der Waals surface area contributed by atoms with Crippen LogP contribution in [-0.2, 0) is 19.9 Å². The molecule has 0 aromatic heterocycles. The Balaban J connectivity index is 2.14. The first kappa shape index (κ1) is 16.3. The summed E-state index contributed by atoms with van der Waals surface area (Å²) in [6.07, 6.45) is 2.56. The van der Waals surface area contributed by atoms with Crippen molar-refractivity contribution in [1.29, 1.82) is 0 Å². The van der Waals surface area contributed by atoms with Crippen LogP contribution >= 0.6 is 0 Å². The molecule has 8 heteroatoms. The molecule has 118 valence electrons. The van der Waals surface area contributed by atoms with Crippen LogP contribution in [0.4, 0.5) is 5.69 Å². The number of hydrogen-bond acceptors (Lipinski definition) is 5. The highest BCUT2D eigenvalue weighted by atomic mass is 32.2. The average molecular weight is 332 g/mol. The normalized spacial score (nSPS) is 21.3. The average Bonchev–Trinajstić information content (AvgIpc) is 2.37. The number of nitrogens with zero attached hydrogens (tertiary/aromatic N) is 1. The van der Waals surface area contributed by atoms with Crippen LogP contribution in [0.2, 0.25) is 0 Å². The van der Waals surface area contributed by atoms with Crippen LogP contribution in [0.5, 0.6) is 0 Å². The van der Waals surface area contributed by atoms with Crippen molar-refractivity contribution < 1.29 is 16.8 Å². The number of benzene rings is 1. The molecular formula is C13H20N2O4S2. The number of sulfone groups is 1. The van der Waals surface area contributed by atoms with E-state index in [0.29, 0.717) is 25.1 Å². The number of sulfonamides is 1. The summed E-state index contributed by atoms with van der Waals surface area (Å²) < 4.78 is 49.3. The van der Waals surface area contributed by atoms with Gasteiger partial charge in [0, 0.05) is 18.8 Å². The molecule has 1 fully saturated rings. The zero-order valence-electron chi connectivity index (χ0n) is 11.9. The van der Waals surface area contributed by atoms with Crippen molar-refractivity contribution in [3.63, 3.8) is 0 Å². The number of nitrogens with two attached hydrogens (primary N) is 1. The Hall–Kier alpha value is -1.12. The second-order valence-electron chi connectivity index (χ2n) is 5.48. The lowest BCUT2D eigenvalue weighted by Gasteiger charge is -2.30. The second kappa shape index (κ2) is 5.94. The van der Waals surface area contributed by atoms with Gasteiger partial charge < -0.3 is 5.73 Å². The fourth-order valence-electron chi connectivity index (χ4n) is 2.58. The van der Waals surface area contributed by atoms with Gasteiger partial charge in [-0.05, 0) is 37.0 Å². The van der Waals surface area contributed by atoms with Crippen molar-refractivity contribution in [2.24, 2.45) is 5.92 Å². The molecule has 0 saturated carbocycles. The van der Waals surface area contributed by atoms with E-state index in [2.05, 4.69) is 0 Å². The summed E-state index contributed by atoms with van der Waals surface area (Å²) in [6, 6.07) is 6.19. The monoisotopic (exact) mass is 332 g/mol. The molecule has 2 N–H and O–H groups in total. The molecule has 0 amide bonds. The lowest BCUT2D eigenvalue weighted by atomic mass is 10.0. The number of piperidine rings is 1. The van der Waals surface area contributed by atoms with Crippen molar-refractivity contribution in [1.82, 2.24) is 4.31 Å². The summed E-state index contributed by atoms with van der Waals surface area (Å²) in [5, 5.41) is 0. The van der Waals surface area contributed by atoms with E-state index in [1.165, 1.54) is 16.4 Å². The van der Waals surface area contributed by atoms with Crippen molar-refractivity contribution in [2.75, 3.05) is 30.8 Å². The van der Waals surface area contributed by atoms with Gasteiger partial charge in [0.25, 0.3) is 0 Å². The molecular weight excluding hydrogens is 312 g/mol. The van der Waals surface area contributed by atoms with Crippen LogP contribution in [0.3, 0.4) is 0 Å². The van der Waals surface area contributed by atoms with Crippen LogP contribution in [0.15, 0.2) is 29.2 Å². The van der Waals surface area contributed by atoms with E-state index in [9.17, 15) is 16.8 Å². The molecule has 1 atom stereocenters. The van der Waals surface area contributed by atoms with Crippen LogP contribution < -0.4 is 5.73 Å². The van der Waals surface area contributed by atoms with E-state index in [1.807, 2.05) is 0 Å². The zero-order valence-corrected chi connectivity index (χ0v) is 13.5. The lowest BCUT2D eigenvalue weighted by Crippen LogP contribution is -2.41. The van der Waals surface area contributed by atoms with Gasteiger partial charge in [0.05, 0.1) is 16.9 Å². The maximum absolute atomic E-state index is 12.4. The fraction of sp³-hybridized carbons (Fsp3) is 0.538. The Morgan fingerprint density at radius 1 is 1.29 bits per heavy atom. The summed E-state index contributed by atoms with van der Waals surface area (Å²) >= 11 is 0. The molecule has 0 bridgehead atoms.